The van der Waals surface area contributed by atoms with Crippen molar-refractivity contribution in [3.8, 4) is 11.5 Å². The third kappa shape index (κ3) is 6.29. The van der Waals surface area contributed by atoms with Gasteiger partial charge in [-0.25, -0.2) is 0 Å². The molecule has 1 heterocycles. The minimum absolute atomic E-state index is 0.0376. The summed E-state index contributed by atoms with van der Waals surface area (Å²) in [5.74, 6) is 0.370. The summed E-state index contributed by atoms with van der Waals surface area (Å²) in [6.45, 7) is 10.9. The Bertz CT molecular complexity index is 1280. The molecule has 2 aromatic carbocycles. The van der Waals surface area contributed by atoms with Crippen LogP contribution in [0.2, 0.25) is 0 Å². The van der Waals surface area contributed by atoms with Crippen LogP contribution < -0.4 is 31.6 Å². The van der Waals surface area contributed by atoms with E-state index in [4.69, 9.17) is 20.9 Å². The Hall–Kier alpha value is -3.85. The number of aromatic nitrogens is 1. The number of hydrogen-bond acceptors (Lipinski definition) is 7. The largest absolute Gasteiger partial charge is 0.490 e. The number of nitrogens with one attached hydrogen (secondary N) is 2. The number of primary amides is 1. The van der Waals surface area contributed by atoms with Gasteiger partial charge in [0.15, 0.2) is 11.5 Å². The Balaban J connectivity index is 2.07. The lowest BCUT2D eigenvalue weighted by molar-refractivity contribution is -0.123. The lowest BCUT2D eigenvalue weighted by Gasteiger charge is -2.20. The highest BCUT2D eigenvalue weighted by molar-refractivity contribution is 6.08. The van der Waals surface area contributed by atoms with E-state index in [1.807, 2.05) is 58.9 Å². The van der Waals surface area contributed by atoms with Gasteiger partial charge in [-0.2, -0.15) is 0 Å². The lowest BCUT2D eigenvalue weighted by atomic mass is 10.0. The highest BCUT2D eigenvalue weighted by Crippen LogP contribution is 2.38. The molecule has 37 heavy (non-hydrogen) atoms. The summed E-state index contributed by atoms with van der Waals surface area (Å²) in [6.07, 6.45) is 2.16. The molecule has 0 saturated heterocycles. The smallest absolute Gasteiger partial charge is 0.252 e. The van der Waals surface area contributed by atoms with Crippen molar-refractivity contribution < 1.29 is 19.1 Å². The van der Waals surface area contributed by atoms with E-state index in [0.717, 1.165) is 16.8 Å². The molecule has 0 fully saturated rings. The zero-order chi connectivity index (χ0) is 27.1. The van der Waals surface area contributed by atoms with Crippen LogP contribution >= 0.6 is 0 Å². The van der Waals surface area contributed by atoms with E-state index in [0.29, 0.717) is 54.3 Å². The molecule has 0 aliphatic carbocycles. The van der Waals surface area contributed by atoms with Gasteiger partial charge >= 0.3 is 0 Å². The van der Waals surface area contributed by atoms with Gasteiger partial charge in [-0.05, 0) is 49.4 Å². The molecule has 1 atom stereocenters. The molecule has 0 unspecified atom stereocenters. The first-order chi connectivity index (χ1) is 17.7. The molecule has 6 N–H and O–H groups in total. The van der Waals surface area contributed by atoms with Crippen LogP contribution in [0.5, 0.6) is 11.5 Å². The maximum atomic E-state index is 12.4. The van der Waals surface area contributed by atoms with Crippen molar-refractivity contribution in [3.05, 3.63) is 53.2 Å². The fourth-order valence-electron chi connectivity index (χ4n) is 4.13. The fourth-order valence-corrected chi connectivity index (χ4v) is 4.13. The number of carbonyl (C=O) groups excluding carboxylic acids is 2. The minimum atomic E-state index is -0.604. The van der Waals surface area contributed by atoms with Gasteiger partial charge in [0.05, 0.1) is 36.0 Å². The molecule has 0 spiro atoms. The van der Waals surface area contributed by atoms with Crippen molar-refractivity contribution in [2.75, 3.05) is 18.5 Å². The number of benzene rings is 2. The second kappa shape index (κ2) is 12.4. The molecule has 0 aliphatic rings. The number of rotatable bonds is 12. The molecule has 3 rings (SSSR count). The number of nitrogens with two attached hydrogens (primary N) is 2. The second-order valence-corrected chi connectivity index (χ2v) is 9.00. The monoisotopic (exact) mass is 507 g/mol. The molecule has 0 radical (unpaired) electrons. The van der Waals surface area contributed by atoms with Gasteiger partial charge < -0.3 is 31.6 Å². The van der Waals surface area contributed by atoms with Crippen LogP contribution in [-0.4, -0.2) is 36.1 Å². The highest BCUT2D eigenvalue weighted by atomic mass is 16.5. The zero-order valence-electron chi connectivity index (χ0n) is 22.2. The van der Waals surface area contributed by atoms with E-state index >= 15 is 0 Å². The molecule has 0 saturated carbocycles. The van der Waals surface area contributed by atoms with Crippen molar-refractivity contribution in [1.82, 2.24) is 10.3 Å². The van der Waals surface area contributed by atoms with Crippen molar-refractivity contribution >= 4 is 34.1 Å². The Morgan fingerprint density at radius 3 is 2.32 bits per heavy atom. The molecule has 198 valence electrons. The van der Waals surface area contributed by atoms with E-state index in [1.165, 1.54) is 6.20 Å². The van der Waals surface area contributed by atoms with Crippen LogP contribution in [0, 0.1) is 5.92 Å². The van der Waals surface area contributed by atoms with Crippen LogP contribution in [0.1, 0.15) is 56.1 Å². The van der Waals surface area contributed by atoms with Gasteiger partial charge in [-0.1, -0.05) is 32.9 Å². The molecule has 3 aromatic rings. The number of ether oxygens (including phenoxy) is 2. The number of amides is 2. The van der Waals surface area contributed by atoms with E-state index in [2.05, 4.69) is 15.6 Å². The van der Waals surface area contributed by atoms with Gasteiger partial charge in [0, 0.05) is 29.9 Å². The molecule has 1 aromatic heterocycles. The minimum Gasteiger partial charge on any atom is -0.490 e. The summed E-state index contributed by atoms with van der Waals surface area (Å²) in [5, 5.41) is 7.04. The molecule has 9 nitrogen and oxygen atoms in total. The van der Waals surface area contributed by atoms with Gasteiger partial charge in [0.2, 0.25) is 5.91 Å². The summed E-state index contributed by atoms with van der Waals surface area (Å²) < 4.78 is 11.6. The van der Waals surface area contributed by atoms with Crippen LogP contribution in [0.25, 0.3) is 10.9 Å². The highest BCUT2D eigenvalue weighted by Gasteiger charge is 2.20. The molecular weight excluding hydrogens is 470 g/mol. The van der Waals surface area contributed by atoms with Crippen molar-refractivity contribution in [1.29, 1.82) is 0 Å². The Morgan fingerprint density at radius 1 is 1.05 bits per heavy atom. The van der Waals surface area contributed by atoms with E-state index in [1.54, 1.807) is 6.07 Å². The van der Waals surface area contributed by atoms with E-state index < -0.39 is 11.9 Å². The predicted molar refractivity (Wildman–Crippen MR) is 146 cm³/mol. The molecule has 9 heteroatoms. The summed E-state index contributed by atoms with van der Waals surface area (Å²) >= 11 is 0. The van der Waals surface area contributed by atoms with Crippen LogP contribution in [-0.2, 0) is 17.8 Å². The number of fused-ring (bicyclic) bond motifs is 1. The number of pyridine rings is 1. The maximum Gasteiger partial charge on any atom is 0.252 e. The van der Waals surface area contributed by atoms with Gasteiger partial charge in [-0.3, -0.25) is 14.6 Å². The summed E-state index contributed by atoms with van der Waals surface area (Å²) in [7, 11) is 0. The quantitative estimate of drug-likeness (QED) is 0.290. The third-order valence-corrected chi connectivity index (χ3v) is 6.16. The Kier molecular flexibility index (Phi) is 9.30. The lowest BCUT2D eigenvalue weighted by Crippen LogP contribution is -2.43. The molecular formula is C28H37N5O4. The van der Waals surface area contributed by atoms with E-state index in [9.17, 15) is 9.59 Å². The molecule has 0 bridgehead atoms. The zero-order valence-corrected chi connectivity index (χ0v) is 22.2. The molecule has 0 aliphatic heterocycles. The average Bonchev–Trinajstić information content (AvgIpc) is 2.87. The van der Waals surface area contributed by atoms with Crippen LogP contribution in [0.4, 0.5) is 11.4 Å². The van der Waals surface area contributed by atoms with Gasteiger partial charge in [0.25, 0.3) is 5.91 Å². The summed E-state index contributed by atoms with van der Waals surface area (Å²) in [4.78, 5) is 29.3. The third-order valence-electron chi connectivity index (χ3n) is 6.16. The average molecular weight is 508 g/mol. The van der Waals surface area contributed by atoms with Gasteiger partial charge in [0.1, 0.15) is 0 Å². The maximum absolute atomic E-state index is 12.4. The van der Waals surface area contributed by atoms with Crippen molar-refractivity contribution in [3.63, 3.8) is 0 Å². The molecule has 2 amide bonds. The number of anilines is 2. The summed E-state index contributed by atoms with van der Waals surface area (Å²) in [6, 6.07) is 8.83. The van der Waals surface area contributed by atoms with Gasteiger partial charge in [-0.15, -0.1) is 0 Å². The predicted octanol–water partition coefficient (Wildman–Crippen LogP) is 4.04. The number of nitrogens with zero attached hydrogens (tertiary/aromatic N) is 1. The Labute approximate surface area is 217 Å². The topological polar surface area (TPSA) is 142 Å². The van der Waals surface area contributed by atoms with Crippen LogP contribution in [0.15, 0.2) is 36.5 Å². The number of hydrogen-bond donors (Lipinski definition) is 4. The normalized spacial score (nSPS) is 11.9. The summed E-state index contributed by atoms with van der Waals surface area (Å²) in [5.41, 5.74) is 15.9. The first-order valence-electron chi connectivity index (χ1n) is 12.6. The fraction of sp³-hybridized carbons (Fsp3) is 0.393. The standard InChI is InChI=1S/C28H37N5O4/c1-6-18-17(14-32-28(35)25(29)16(4)5)10-9-11-21(18)33-26-19-12-23(36-7-2)24(37-8-3)13-22(19)31-15-20(26)27(30)34/h9-13,15-16,25H,6-8,14,29H2,1-5H3,(H2,30,34)(H,31,33)(H,32,35)/t25-/m0/s1. The first-order valence-corrected chi connectivity index (χ1v) is 12.6. The van der Waals surface area contributed by atoms with Crippen LogP contribution in [0.3, 0.4) is 0 Å². The SMILES string of the molecule is CCOc1cc2ncc(C(N)=O)c(Nc3cccc(CNC(=O)[C@@H](N)C(C)C)c3CC)c2cc1OCC. The van der Waals surface area contributed by atoms with Crippen molar-refractivity contribution in [2.24, 2.45) is 17.4 Å². The first kappa shape index (κ1) is 27.7. The number of carbonyl (C=O) groups is 2. The Morgan fingerprint density at radius 2 is 1.73 bits per heavy atom. The van der Waals surface area contributed by atoms with Crippen molar-refractivity contribution in [2.45, 2.75) is 53.6 Å². The second-order valence-electron chi connectivity index (χ2n) is 9.00. The van der Waals surface area contributed by atoms with E-state index in [-0.39, 0.29) is 17.4 Å².